The van der Waals surface area contributed by atoms with Crippen molar-refractivity contribution >= 4 is 17.1 Å². The fourth-order valence-electron chi connectivity index (χ4n) is 4.59. The van der Waals surface area contributed by atoms with Crippen molar-refractivity contribution in [2.45, 2.75) is 33.4 Å². The van der Waals surface area contributed by atoms with Gasteiger partial charge in [0.05, 0.1) is 0 Å². The van der Waals surface area contributed by atoms with Crippen LogP contribution in [0.25, 0.3) is 22.3 Å². The van der Waals surface area contributed by atoms with Crippen LogP contribution in [0.2, 0.25) is 0 Å². The average Bonchev–Trinajstić information content (AvgIpc) is 2.95. The maximum atomic E-state index is 9.45. The van der Waals surface area contributed by atoms with E-state index in [4.69, 9.17) is 9.47 Å². The molecule has 0 aromatic heterocycles. The Labute approximate surface area is 235 Å². The number of aliphatic hydroxyl groups is 2. The fourth-order valence-corrected chi connectivity index (χ4v) is 4.59. The number of nitrogens with zero attached hydrogens (tertiary/aromatic N) is 1. The maximum absolute atomic E-state index is 9.45. The van der Waals surface area contributed by atoms with Crippen LogP contribution in [0.1, 0.15) is 19.4 Å². The van der Waals surface area contributed by atoms with E-state index in [1.165, 1.54) is 5.56 Å². The molecule has 5 nitrogen and oxygen atoms in total. The molecule has 0 saturated heterocycles. The minimum atomic E-state index is -0.845. The van der Waals surface area contributed by atoms with Gasteiger partial charge in [-0.25, -0.2) is 0 Å². The predicted octanol–water partition coefficient (Wildman–Crippen LogP) is 8.23. The van der Waals surface area contributed by atoms with Gasteiger partial charge >= 0.3 is 0 Å². The molecule has 0 fully saturated rings. The SMILES string of the molecule is Cc1ccc(N(c2ccc(-c3ccc(OC(C)O)cc3)cc2)c2ccc(-c3ccc(OC(C)O)cc3)cc2)cc1. The second-order valence-electron chi connectivity index (χ2n) is 9.75. The van der Waals surface area contributed by atoms with Gasteiger partial charge in [0.15, 0.2) is 12.6 Å². The van der Waals surface area contributed by atoms with Gasteiger partial charge in [0, 0.05) is 17.1 Å². The first-order valence-corrected chi connectivity index (χ1v) is 13.3. The smallest absolute Gasteiger partial charge is 0.194 e. The van der Waals surface area contributed by atoms with Crippen LogP contribution in [-0.4, -0.2) is 22.8 Å². The van der Waals surface area contributed by atoms with Crippen molar-refractivity contribution in [2.75, 3.05) is 4.90 Å². The lowest BCUT2D eigenvalue weighted by Gasteiger charge is -2.26. The Morgan fingerprint density at radius 1 is 0.450 bits per heavy atom. The molecule has 5 heteroatoms. The number of benzene rings is 5. The Morgan fingerprint density at radius 3 is 1.02 bits per heavy atom. The third-order valence-electron chi connectivity index (χ3n) is 6.53. The van der Waals surface area contributed by atoms with Crippen LogP contribution < -0.4 is 14.4 Å². The number of hydrogen-bond donors (Lipinski definition) is 2. The number of rotatable bonds is 9. The van der Waals surface area contributed by atoms with Crippen molar-refractivity contribution in [3.63, 3.8) is 0 Å². The molecule has 0 bridgehead atoms. The summed E-state index contributed by atoms with van der Waals surface area (Å²) in [5.41, 5.74) is 8.71. The summed E-state index contributed by atoms with van der Waals surface area (Å²) < 4.78 is 10.7. The number of hydrogen-bond acceptors (Lipinski definition) is 5. The standard InChI is InChI=1S/C35H33NO4/c1-24-4-14-31(15-5-24)36(32-16-6-27(7-17-32)29-10-20-34(21-11-29)39-25(2)37)33-18-8-28(9-19-33)30-12-22-35(23-13-30)40-26(3)38/h4-23,25-26,37-38H,1-3H3. The Balaban J connectivity index is 1.42. The van der Waals surface area contributed by atoms with Gasteiger partial charge < -0.3 is 24.6 Å². The third kappa shape index (κ3) is 6.52. The van der Waals surface area contributed by atoms with Crippen LogP contribution in [0, 0.1) is 6.92 Å². The molecule has 5 aromatic carbocycles. The highest BCUT2D eigenvalue weighted by Gasteiger charge is 2.13. The van der Waals surface area contributed by atoms with E-state index in [0.29, 0.717) is 11.5 Å². The molecule has 2 N–H and O–H groups in total. The summed E-state index contributed by atoms with van der Waals surface area (Å²) in [6.45, 7) is 5.27. The maximum Gasteiger partial charge on any atom is 0.194 e. The van der Waals surface area contributed by atoms with Crippen molar-refractivity contribution in [3.8, 4) is 33.8 Å². The van der Waals surface area contributed by atoms with Crippen molar-refractivity contribution in [2.24, 2.45) is 0 Å². The Bertz CT molecular complexity index is 1410. The van der Waals surface area contributed by atoms with E-state index in [2.05, 4.69) is 84.6 Å². The molecule has 5 aromatic rings. The molecular formula is C35H33NO4. The predicted molar refractivity (Wildman–Crippen MR) is 161 cm³/mol. The Hall–Kier alpha value is -4.58. The molecule has 0 aliphatic carbocycles. The van der Waals surface area contributed by atoms with Crippen LogP contribution >= 0.6 is 0 Å². The number of aryl methyl sites for hydroxylation is 1. The fraction of sp³-hybridized carbons (Fsp3) is 0.143. The van der Waals surface area contributed by atoms with Gasteiger partial charge in [-0.1, -0.05) is 66.2 Å². The monoisotopic (exact) mass is 531 g/mol. The number of aliphatic hydroxyl groups excluding tert-OH is 2. The van der Waals surface area contributed by atoms with E-state index in [1.807, 2.05) is 48.5 Å². The van der Waals surface area contributed by atoms with Gasteiger partial charge in [-0.2, -0.15) is 0 Å². The van der Waals surface area contributed by atoms with Gasteiger partial charge in [-0.15, -0.1) is 0 Å². The second-order valence-corrected chi connectivity index (χ2v) is 9.75. The van der Waals surface area contributed by atoms with Crippen molar-refractivity contribution in [1.29, 1.82) is 0 Å². The molecule has 40 heavy (non-hydrogen) atoms. The molecule has 5 rings (SSSR count). The second kappa shape index (κ2) is 12.1. The molecule has 0 radical (unpaired) electrons. The van der Waals surface area contributed by atoms with E-state index >= 15 is 0 Å². The minimum Gasteiger partial charge on any atom is -0.465 e. The number of ether oxygens (including phenoxy) is 2. The topological polar surface area (TPSA) is 62.2 Å². The quantitative estimate of drug-likeness (QED) is 0.188. The van der Waals surface area contributed by atoms with Crippen molar-refractivity contribution < 1.29 is 19.7 Å². The van der Waals surface area contributed by atoms with E-state index in [-0.39, 0.29) is 0 Å². The van der Waals surface area contributed by atoms with Crippen LogP contribution in [0.15, 0.2) is 121 Å². The first-order chi connectivity index (χ1) is 19.4. The molecule has 0 heterocycles. The van der Waals surface area contributed by atoms with Crippen molar-refractivity contribution in [1.82, 2.24) is 0 Å². The molecular weight excluding hydrogens is 498 g/mol. The first kappa shape index (κ1) is 27.0. The lowest BCUT2D eigenvalue weighted by Crippen LogP contribution is -2.10. The molecule has 2 atom stereocenters. The van der Waals surface area contributed by atoms with Crippen LogP contribution in [0.5, 0.6) is 11.5 Å². The van der Waals surface area contributed by atoms with E-state index < -0.39 is 12.6 Å². The molecule has 0 amide bonds. The Morgan fingerprint density at radius 2 is 0.725 bits per heavy atom. The van der Waals surface area contributed by atoms with Crippen molar-refractivity contribution in [3.05, 3.63) is 127 Å². The summed E-state index contributed by atoms with van der Waals surface area (Å²) in [6, 6.07) is 40.9. The van der Waals surface area contributed by atoms with Gasteiger partial charge in [0.1, 0.15) is 11.5 Å². The summed E-state index contributed by atoms with van der Waals surface area (Å²) in [5.74, 6) is 1.27. The van der Waals surface area contributed by atoms with Gasteiger partial charge in [0.25, 0.3) is 0 Å². The molecule has 0 saturated carbocycles. The normalized spacial score (nSPS) is 12.4. The summed E-state index contributed by atoms with van der Waals surface area (Å²) in [6.07, 6.45) is -1.69. The molecule has 0 aliphatic rings. The zero-order valence-corrected chi connectivity index (χ0v) is 22.9. The highest BCUT2D eigenvalue weighted by molar-refractivity contribution is 5.80. The zero-order chi connectivity index (χ0) is 28.1. The summed E-state index contributed by atoms with van der Waals surface area (Å²) in [5, 5.41) is 18.9. The first-order valence-electron chi connectivity index (χ1n) is 13.3. The summed E-state index contributed by atoms with van der Waals surface area (Å²) >= 11 is 0. The molecule has 202 valence electrons. The largest absolute Gasteiger partial charge is 0.465 e. The van der Waals surface area contributed by atoms with Crippen LogP contribution in [-0.2, 0) is 0 Å². The van der Waals surface area contributed by atoms with Gasteiger partial charge in [0.2, 0.25) is 0 Å². The Kier molecular flexibility index (Phi) is 8.15. The highest BCUT2D eigenvalue weighted by Crippen LogP contribution is 2.37. The zero-order valence-electron chi connectivity index (χ0n) is 22.9. The van der Waals surface area contributed by atoms with E-state index in [9.17, 15) is 10.2 Å². The average molecular weight is 532 g/mol. The van der Waals surface area contributed by atoms with Crippen LogP contribution in [0.4, 0.5) is 17.1 Å². The summed E-state index contributed by atoms with van der Waals surface area (Å²) in [4.78, 5) is 2.24. The minimum absolute atomic E-state index is 0.633. The number of anilines is 3. The molecule has 0 aliphatic heterocycles. The molecule has 2 unspecified atom stereocenters. The van der Waals surface area contributed by atoms with E-state index in [1.54, 1.807) is 13.8 Å². The van der Waals surface area contributed by atoms with E-state index in [0.717, 1.165) is 39.3 Å². The van der Waals surface area contributed by atoms with Gasteiger partial charge in [-0.05, 0) is 104 Å². The molecule has 0 spiro atoms. The highest BCUT2D eigenvalue weighted by atomic mass is 16.6. The summed E-state index contributed by atoms with van der Waals surface area (Å²) in [7, 11) is 0. The third-order valence-corrected chi connectivity index (χ3v) is 6.53. The van der Waals surface area contributed by atoms with Crippen LogP contribution in [0.3, 0.4) is 0 Å². The van der Waals surface area contributed by atoms with Gasteiger partial charge in [-0.3, -0.25) is 0 Å². The lowest BCUT2D eigenvalue weighted by atomic mass is 10.0. The lowest BCUT2D eigenvalue weighted by molar-refractivity contribution is -0.000869.